The van der Waals surface area contributed by atoms with Crippen LogP contribution >= 0.6 is 11.8 Å². The number of hydrogen-bond donors (Lipinski definition) is 3. The van der Waals surface area contributed by atoms with Gasteiger partial charge < -0.3 is 10.4 Å². The van der Waals surface area contributed by atoms with Crippen molar-refractivity contribution in [3.63, 3.8) is 0 Å². The van der Waals surface area contributed by atoms with Crippen LogP contribution in [0.25, 0.3) is 0 Å². The van der Waals surface area contributed by atoms with Crippen LogP contribution in [0.15, 0.2) is 35.5 Å². The Labute approximate surface area is 177 Å². The second-order valence-corrected chi connectivity index (χ2v) is 10.6. The third kappa shape index (κ3) is 8.97. The van der Waals surface area contributed by atoms with Crippen LogP contribution in [0.5, 0.6) is 0 Å². The molecule has 0 aliphatic heterocycles. The van der Waals surface area contributed by atoms with Gasteiger partial charge in [-0.15, -0.1) is 0 Å². The van der Waals surface area contributed by atoms with Gasteiger partial charge in [-0.2, -0.15) is 15.0 Å². The van der Waals surface area contributed by atoms with E-state index in [1.165, 1.54) is 17.3 Å². The summed E-state index contributed by atoms with van der Waals surface area (Å²) < 4.78 is 25.6. The van der Waals surface area contributed by atoms with E-state index in [1.807, 2.05) is 18.2 Å². The first-order chi connectivity index (χ1) is 13.6. The quantitative estimate of drug-likeness (QED) is 0.458. The molecule has 2 rings (SSSR count). The van der Waals surface area contributed by atoms with Gasteiger partial charge in [-0.05, 0) is 24.3 Å². The molecule has 0 radical (unpaired) electrons. The lowest BCUT2D eigenvalue weighted by molar-refractivity contribution is 0.259. The van der Waals surface area contributed by atoms with Crippen LogP contribution in [-0.4, -0.2) is 52.6 Å². The summed E-state index contributed by atoms with van der Waals surface area (Å²) in [6.07, 6.45) is 2.59. The summed E-state index contributed by atoms with van der Waals surface area (Å²) in [4.78, 5) is 12.8. The van der Waals surface area contributed by atoms with Crippen molar-refractivity contribution in [2.75, 3.05) is 22.9 Å². The molecule has 3 N–H and O–H groups in total. The molecule has 0 saturated carbocycles. The summed E-state index contributed by atoms with van der Waals surface area (Å²) >= 11 is 1.44. The Kier molecular flexibility index (Phi) is 8.66. The maximum absolute atomic E-state index is 11.6. The van der Waals surface area contributed by atoms with E-state index in [4.69, 9.17) is 0 Å². The molecule has 0 saturated heterocycles. The summed E-state index contributed by atoms with van der Waals surface area (Å²) in [5.41, 5.74) is 1.20. The minimum absolute atomic E-state index is 0.0411. The van der Waals surface area contributed by atoms with Gasteiger partial charge in [0.2, 0.25) is 21.9 Å². The second kappa shape index (κ2) is 10.7. The zero-order chi connectivity index (χ0) is 21.4. The molecule has 1 aromatic carbocycles. The summed E-state index contributed by atoms with van der Waals surface area (Å²) in [7, 11) is -3.53. The number of sulfonamides is 1. The standard InChI is InChI=1S/C19H29N5O3S2/c1-13(2)10-16(12-25)20-17-21-18(24-29(4,26)27)23-19(22-17)28-14(3)11-15-8-6-5-7-9-15/h5-9,13-14,16,25H,10-12H2,1-4H3,(H2,20,21,22,23,24)/t14?,16-/m1/s1. The van der Waals surface area contributed by atoms with Crippen molar-refractivity contribution in [1.82, 2.24) is 15.0 Å². The molecule has 0 aliphatic rings. The van der Waals surface area contributed by atoms with E-state index < -0.39 is 10.0 Å². The van der Waals surface area contributed by atoms with Crippen molar-refractivity contribution in [1.29, 1.82) is 0 Å². The van der Waals surface area contributed by atoms with Gasteiger partial charge in [0.05, 0.1) is 18.9 Å². The predicted octanol–water partition coefficient (Wildman–Crippen LogP) is 2.79. The summed E-state index contributed by atoms with van der Waals surface area (Å²) in [5, 5.41) is 13.3. The smallest absolute Gasteiger partial charge is 0.242 e. The number of aliphatic hydroxyl groups is 1. The summed E-state index contributed by atoms with van der Waals surface area (Å²) in [5.74, 6) is 0.566. The maximum atomic E-state index is 11.6. The molecule has 1 heterocycles. The largest absolute Gasteiger partial charge is 0.394 e. The van der Waals surface area contributed by atoms with Crippen LogP contribution in [0.1, 0.15) is 32.8 Å². The average molecular weight is 440 g/mol. The highest BCUT2D eigenvalue weighted by Crippen LogP contribution is 2.25. The monoisotopic (exact) mass is 439 g/mol. The number of thioether (sulfide) groups is 1. The van der Waals surface area contributed by atoms with Crippen molar-refractivity contribution in [3.8, 4) is 0 Å². The van der Waals surface area contributed by atoms with Crippen LogP contribution in [0.3, 0.4) is 0 Å². The molecule has 2 atom stereocenters. The fourth-order valence-corrected chi connectivity index (χ4v) is 4.12. The zero-order valence-electron chi connectivity index (χ0n) is 17.2. The summed E-state index contributed by atoms with van der Waals surface area (Å²) in [6, 6.07) is 9.86. The van der Waals surface area contributed by atoms with E-state index >= 15 is 0 Å². The molecule has 1 aromatic heterocycles. The van der Waals surface area contributed by atoms with Crippen LogP contribution < -0.4 is 10.0 Å². The third-order valence-corrected chi connectivity index (χ3v) is 5.39. The first-order valence-electron chi connectivity index (χ1n) is 9.46. The van der Waals surface area contributed by atoms with Gasteiger partial charge in [-0.3, -0.25) is 4.72 Å². The number of benzene rings is 1. The Bertz CT molecular complexity index is 879. The second-order valence-electron chi connectivity index (χ2n) is 7.41. The van der Waals surface area contributed by atoms with Crippen LogP contribution in [0, 0.1) is 5.92 Å². The molecule has 1 unspecified atom stereocenters. The predicted molar refractivity (Wildman–Crippen MR) is 118 cm³/mol. The number of hydrogen-bond acceptors (Lipinski definition) is 8. The molecule has 0 bridgehead atoms. The maximum Gasteiger partial charge on any atom is 0.242 e. The molecular formula is C19H29N5O3S2. The molecule has 8 nitrogen and oxygen atoms in total. The first kappa shape index (κ1) is 23.4. The Morgan fingerprint density at radius 2 is 1.72 bits per heavy atom. The van der Waals surface area contributed by atoms with Crippen LogP contribution in [0.4, 0.5) is 11.9 Å². The minimum atomic E-state index is -3.53. The normalized spacial score (nSPS) is 13.9. The first-order valence-corrected chi connectivity index (χ1v) is 12.2. The lowest BCUT2D eigenvalue weighted by Gasteiger charge is -2.19. The highest BCUT2D eigenvalue weighted by Gasteiger charge is 2.17. The molecule has 0 fully saturated rings. The van der Waals surface area contributed by atoms with Gasteiger partial charge in [0.15, 0.2) is 5.16 Å². The third-order valence-electron chi connectivity index (χ3n) is 3.87. The topological polar surface area (TPSA) is 117 Å². The molecule has 2 aromatic rings. The molecule has 29 heavy (non-hydrogen) atoms. The lowest BCUT2D eigenvalue weighted by atomic mass is 10.0. The molecule has 160 valence electrons. The minimum Gasteiger partial charge on any atom is -0.394 e. The van der Waals surface area contributed by atoms with E-state index in [0.717, 1.165) is 19.1 Å². The van der Waals surface area contributed by atoms with Crippen molar-refractivity contribution >= 4 is 33.7 Å². The summed E-state index contributed by atoms with van der Waals surface area (Å²) in [6.45, 7) is 6.10. The Morgan fingerprint density at radius 1 is 1.07 bits per heavy atom. The van der Waals surface area contributed by atoms with Gasteiger partial charge in [-0.25, -0.2) is 8.42 Å². The van der Waals surface area contributed by atoms with Crippen molar-refractivity contribution in [2.24, 2.45) is 5.92 Å². The van der Waals surface area contributed by atoms with E-state index in [9.17, 15) is 13.5 Å². The Balaban J connectivity index is 2.21. The lowest BCUT2D eigenvalue weighted by Crippen LogP contribution is -2.27. The van der Waals surface area contributed by atoms with E-state index in [-0.39, 0.29) is 29.8 Å². The Hall–Kier alpha value is -1.91. The molecule has 0 amide bonds. The molecule has 0 spiro atoms. The van der Waals surface area contributed by atoms with Gasteiger partial charge in [0, 0.05) is 5.25 Å². The number of nitrogens with one attached hydrogen (secondary N) is 2. The van der Waals surface area contributed by atoms with E-state index in [0.29, 0.717) is 11.1 Å². The highest BCUT2D eigenvalue weighted by atomic mass is 32.2. The average Bonchev–Trinajstić information content (AvgIpc) is 2.59. The number of nitrogens with zero attached hydrogens (tertiary/aromatic N) is 3. The van der Waals surface area contributed by atoms with E-state index in [1.54, 1.807) is 0 Å². The van der Waals surface area contributed by atoms with E-state index in [2.05, 4.69) is 57.9 Å². The van der Waals surface area contributed by atoms with Gasteiger partial charge >= 0.3 is 0 Å². The number of rotatable bonds is 11. The fourth-order valence-electron chi connectivity index (χ4n) is 2.78. The van der Waals surface area contributed by atoms with Crippen LogP contribution in [0.2, 0.25) is 0 Å². The SMILES string of the molecule is CC(C)C[C@H](CO)Nc1nc(NS(C)(=O)=O)nc(SC(C)Cc2ccccc2)n1. The van der Waals surface area contributed by atoms with Crippen molar-refractivity contribution < 1.29 is 13.5 Å². The number of anilines is 2. The Morgan fingerprint density at radius 3 is 2.31 bits per heavy atom. The zero-order valence-corrected chi connectivity index (χ0v) is 18.8. The van der Waals surface area contributed by atoms with Crippen molar-refractivity contribution in [3.05, 3.63) is 35.9 Å². The van der Waals surface area contributed by atoms with Gasteiger partial charge in [-0.1, -0.05) is 62.9 Å². The molecule has 10 heteroatoms. The number of aromatic nitrogens is 3. The number of aliphatic hydroxyl groups excluding tert-OH is 1. The van der Waals surface area contributed by atoms with Crippen molar-refractivity contribution in [2.45, 2.75) is 50.1 Å². The highest BCUT2D eigenvalue weighted by molar-refractivity contribution is 7.99. The van der Waals surface area contributed by atoms with Crippen LogP contribution in [-0.2, 0) is 16.4 Å². The van der Waals surface area contributed by atoms with Gasteiger partial charge in [0.25, 0.3) is 0 Å². The molecular weight excluding hydrogens is 410 g/mol. The fraction of sp³-hybridized carbons (Fsp3) is 0.526. The molecule has 0 aliphatic carbocycles. The van der Waals surface area contributed by atoms with Gasteiger partial charge in [0.1, 0.15) is 0 Å².